The number of carbonyl (C=O) groups is 4. The minimum atomic E-state index is -1.23. The summed E-state index contributed by atoms with van der Waals surface area (Å²) in [5.74, 6) is -3.17. The molecule has 0 spiro atoms. The van der Waals surface area contributed by atoms with Crippen LogP contribution in [0, 0.1) is 5.92 Å². The minimum Gasteiger partial charge on any atom is -0.480 e. The van der Waals surface area contributed by atoms with Crippen molar-refractivity contribution < 1.29 is 24.3 Å². The van der Waals surface area contributed by atoms with Gasteiger partial charge in [0, 0.05) is 24.1 Å². The van der Waals surface area contributed by atoms with E-state index in [2.05, 4.69) is 38.5 Å². The number of H-pyrrole nitrogens is 1. The molecule has 0 saturated heterocycles. The maximum Gasteiger partial charge on any atom is 0.326 e. The summed E-state index contributed by atoms with van der Waals surface area (Å²) in [5.41, 5.74) is 6.29. The van der Waals surface area contributed by atoms with Gasteiger partial charge in [-0.05, 0) is 12.8 Å². The third-order valence-electron chi connectivity index (χ3n) is 4.18. The van der Waals surface area contributed by atoms with E-state index in [4.69, 9.17) is 5.73 Å². The molecule has 3 amide bonds. The van der Waals surface area contributed by atoms with E-state index in [1.807, 2.05) is 0 Å². The third kappa shape index (κ3) is 7.74. The number of amides is 3. The van der Waals surface area contributed by atoms with Crippen LogP contribution in [-0.2, 0) is 25.6 Å². The highest BCUT2D eigenvalue weighted by atomic mass is 32.1. The fraction of sp³-hybridized carbons (Fsp3) is 0.588. The van der Waals surface area contributed by atoms with Crippen molar-refractivity contribution in [2.75, 3.05) is 5.75 Å². The number of aromatic nitrogens is 2. The molecule has 162 valence electrons. The first kappa shape index (κ1) is 24.4. The standard InChI is InChI=1S/C17H28N6O5S/c1-8(2)13(18)16(26)23-12(6-29)15(25)21-9(3)14(24)22-11(17(27)28)4-10-5-19-7-20-10/h5,7-9,11-13,29H,4,6,18H2,1-3H3,(H,19,20)(H,21,25)(H,22,24)(H,23,26)(H,27,28). The molecule has 0 radical (unpaired) electrons. The number of carboxylic acid groups (broad SMARTS) is 1. The van der Waals surface area contributed by atoms with Crippen LogP contribution >= 0.6 is 12.6 Å². The number of hydrogen-bond donors (Lipinski definition) is 7. The zero-order valence-corrected chi connectivity index (χ0v) is 17.4. The zero-order valence-electron chi connectivity index (χ0n) is 16.5. The van der Waals surface area contributed by atoms with Crippen LogP contribution in [-0.4, -0.2) is 68.7 Å². The number of nitrogens with zero attached hydrogens (tertiary/aromatic N) is 1. The van der Waals surface area contributed by atoms with Crippen LogP contribution in [0.3, 0.4) is 0 Å². The predicted octanol–water partition coefficient (Wildman–Crippen LogP) is -1.58. The van der Waals surface area contributed by atoms with Gasteiger partial charge >= 0.3 is 5.97 Å². The first-order valence-electron chi connectivity index (χ1n) is 9.04. The van der Waals surface area contributed by atoms with E-state index in [0.717, 1.165) is 0 Å². The van der Waals surface area contributed by atoms with Crippen molar-refractivity contribution in [2.24, 2.45) is 11.7 Å². The largest absolute Gasteiger partial charge is 0.480 e. The Morgan fingerprint density at radius 1 is 1.10 bits per heavy atom. The lowest BCUT2D eigenvalue weighted by atomic mass is 10.0. The average molecular weight is 429 g/mol. The second-order valence-corrected chi connectivity index (χ2v) is 7.29. The number of imidazole rings is 1. The van der Waals surface area contributed by atoms with Crippen LogP contribution in [0.1, 0.15) is 26.5 Å². The monoisotopic (exact) mass is 428 g/mol. The Morgan fingerprint density at radius 2 is 1.72 bits per heavy atom. The molecule has 12 heteroatoms. The summed E-state index contributed by atoms with van der Waals surface area (Å²) in [6.07, 6.45) is 2.86. The van der Waals surface area contributed by atoms with Gasteiger partial charge in [-0.1, -0.05) is 13.8 Å². The lowest BCUT2D eigenvalue weighted by molar-refractivity contribution is -0.142. The molecule has 7 N–H and O–H groups in total. The minimum absolute atomic E-state index is 0.00412. The lowest BCUT2D eigenvalue weighted by Gasteiger charge is -2.23. The van der Waals surface area contributed by atoms with E-state index in [1.54, 1.807) is 13.8 Å². The quantitative estimate of drug-likeness (QED) is 0.208. The number of carbonyl (C=O) groups excluding carboxylic acids is 3. The molecule has 4 atom stereocenters. The molecule has 0 aliphatic rings. The molecule has 1 aromatic rings. The van der Waals surface area contributed by atoms with Crippen molar-refractivity contribution in [3.8, 4) is 0 Å². The van der Waals surface area contributed by atoms with Crippen molar-refractivity contribution in [1.82, 2.24) is 25.9 Å². The highest BCUT2D eigenvalue weighted by Crippen LogP contribution is 2.02. The van der Waals surface area contributed by atoms with E-state index >= 15 is 0 Å². The number of carboxylic acids is 1. The van der Waals surface area contributed by atoms with Crippen LogP contribution in [0.2, 0.25) is 0 Å². The zero-order chi connectivity index (χ0) is 22.1. The molecule has 0 bridgehead atoms. The van der Waals surface area contributed by atoms with Crippen LogP contribution in [0.25, 0.3) is 0 Å². The summed E-state index contributed by atoms with van der Waals surface area (Å²) in [5, 5.41) is 16.6. The maximum atomic E-state index is 12.4. The molecule has 1 aromatic heterocycles. The highest BCUT2D eigenvalue weighted by Gasteiger charge is 2.28. The summed E-state index contributed by atoms with van der Waals surface area (Å²) in [7, 11) is 0. The van der Waals surface area contributed by atoms with Crippen molar-refractivity contribution in [3.63, 3.8) is 0 Å². The van der Waals surface area contributed by atoms with Crippen molar-refractivity contribution >= 4 is 36.3 Å². The number of nitrogens with two attached hydrogens (primary N) is 1. The molecule has 0 aliphatic heterocycles. The van der Waals surface area contributed by atoms with E-state index < -0.39 is 47.9 Å². The summed E-state index contributed by atoms with van der Waals surface area (Å²) in [6, 6.07) is -4.02. The van der Waals surface area contributed by atoms with Crippen LogP contribution in [0.4, 0.5) is 0 Å². The van der Waals surface area contributed by atoms with Crippen molar-refractivity contribution in [2.45, 2.75) is 51.4 Å². The molecular formula is C17H28N6O5S. The summed E-state index contributed by atoms with van der Waals surface area (Å²) in [6.45, 7) is 4.95. The Morgan fingerprint density at radius 3 is 2.21 bits per heavy atom. The first-order valence-corrected chi connectivity index (χ1v) is 9.67. The van der Waals surface area contributed by atoms with E-state index in [0.29, 0.717) is 5.69 Å². The Bertz CT molecular complexity index is 711. The lowest BCUT2D eigenvalue weighted by Crippen LogP contribution is -2.57. The van der Waals surface area contributed by atoms with Gasteiger partial charge in [-0.15, -0.1) is 0 Å². The van der Waals surface area contributed by atoms with E-state index in [9.17, 15) is 24.3 Å². The van der Waals surface area contributed by atoms with E-state index in [-0.39, 0.29) is 18.1 Å². The van der Waals surface area contributed by atoms with Gasteiger partial charge in [0.05, 0.1) is 12.4 Å². The number of nitrogens with one attached hydrogen (secondary N) is 4. The Balaban J connectivity index is 2.65. The van der Waals surface area contributed by atoms with Gasteiger partial charge in [-0.25, -0.2) is 9.78 Å². The van der Waals surface area contributed by atoms with Crippen LogP contribution in [0.15, 0.2) is 12.5 Å². The van der Waals surface area contributed by atoms with Crippen molar-refractivity contribution in [3.05, 3.63) is 18.2 Å². The molecule has 0 saturated carbocycles. The second kappa shape index (κ2) is 11.4. The van der Waals surface area contributed by atoms with Gasteiger partial charge < -0.3 is 31.8 Å². The normalized spacial score (nSPS) is 15.1. The molecule has 1 rings (SSSR count). The Hall–Kier alpha value is -2.60. The molecule has 0 fully saturated rings. The molecule has 1 heterocycles. The SMILES string of the molecule is CC(NC(=O)C(CS)NC(=O)C(N)C(C)C)C(=O)NC(Cc1cnc[nH]1)C(=O)O. The van der Waals surface area contributed by atoms with Crippen LogP contribution in [0.5, 0.6) is 0 Å². The maximum absolute atomic E-state index is 12.4. The van der Waals surface area contributed by atoms with Gasteiger partial charge in [0.2, 0.25) is 17.7 Å². The third-order valence-corrected chi connectivity index (χ3v) is 4.55. The number of hydrogen-bond acceptors (Lipinski definition) is 7. The smallest absolute Gasteiger partial charge is 0.326 e. The van der Waals surface area contributed by atoms with E-state index in [1.165, 1.54) is 19.4 Å². The van der Waals surface area contributed by atoms with Gasteiger partial charge in [-0.3, -0.25) is 14.4 Å². The molecular weight excluding hydrogens is 400 g/mol. The topological polar surface area (TPSA) is 179 Å². The van der Waals surface area contributed by atoms with Crippen molar-refractivity contribution in [1.29, 1.82) is 0 Å². The number of aliphatic carboxylic acids is 1. The van der Waals surface area contributed by atoms with Gasteiger partial charge in [-0.2, -0.15) is 12.6 Å². The molecule has 0 aliphatic carbocycles. The average Bonchev–Trinajstić information content (AvgIpc) is 3.17. The first-order chi connectivity index (χ1) is 13.6. The Kier molecular flexibility index (Phi) is 9.62. The van der Waals surface area contributed by atoms with Crippen LogP contribution < -0.4 is 21.7 Å². The summed E-state index contributed by atoms with van der Waals surface area (Å²) in [4.78, 5) is 54.7. The number of thiol groups is 1. The number of rotatable bonds is 11. The summed E-state index contributed by atoms with van der Waals surface area (Å²) >= 11 is 4.05. The fourth-order valence-corrected chi connectivity index (χ4v) is 2.51. The Labute approximate surface area is 174 Å². The number of aromatic amines is 1. The predicted molar refractivity (Wildman–Crippen MR) is 108 cm³/mol. The van der Waals surface area contributed by atoms with Gasteiger partial charge in [0.15, 0.2) is 0 Å². The summed E-state index contributed by atoms with van der Waals surface area (Å²) < 4.78 is 0. The highest BCUT2D eigenvalue weighted by molar-refractivity contribution is 7.80. The molecule has 11 nitrogen and oxygen atoms in total. The molecule has 29 heavy (non-hydrogen) atoms. The van der Waals surface area contributed by atoms with Gasteiger partial charge in [0.1, 0.15) is 18.1 Å². The molecule has 4 unspecified atom stereocenters. The second-order valence-electron chi connectivity index (χ2n) is 6.92. The van der Waals surface area contributed by atoms with Gasteiger partial charge in [0.25, 0.3) is 0 Å². The molecule has 0 aromatic carbocycles. The fourth-order valence-electron chi connectivity index (χ4n) is 2.26.